The van der Waals surface area contributed by atoms with E-state index in [4.69, 9.17) is 9.47 Å². The molecular weight excluding hydrogens is 493 g/mol. The fourth-order valence-electron chi connectivity index (χ4n) is 2.88. The zero-order valence-electron chi connectivity index (χ0n) is 19.3. The number of halogens is 2. The molecule has 2 rings (SSSR count). The Morgan fingerprint density at radius 3 is 2.39 bits per heavy atom. The first-order chi connectivity index (χ1) is 15.6. The number of carbonyl (C=O) groups excluding carboxylic acids is 2. The molecule has 0 saturated heterocycles. The molecule has 1 atom stereocenters. The summed E-state index contributed by atoms with van der Waals surface area (Å²) in [5.74, 6) is -0.437. The average molecular weight is 522 g/mol. The van der Waals surface area contributed by atoms with Crippen LogP contribution in [0.25, 0.3) is 0 Å². The molecule has 0 heterocycles. The smallest absolute Gasteiger partial charge is 0.262 e. The molecule has 178 valence electrons. The van der Waals surface area contributed by atoms with E-state index in [1.54, 1.807) is 26.0 Å². The van der Waals surface area contributed by atoms with Gasteiger partial charge in [0.05, 0.1) is 23.4 Å². The summed E-state index contributed by atoms with van der Waals surface area (Å²) in [5, 5.41) is 6.70. The van der Waals surface area contributed by atoms with Crippen LogP contribution in [0.4, 0.5) is 4.39 Å². The van der Waals surface area contributed by atoms with Crippen LogP contribution in [0.2, 0.25) is 0 Å². The van der Waals surface area contributed by atoms with Gasteiger partial charge in [-0.1, -0.05) is 13.8 Å². The molecule has 0 spiro atoms. The van der Waals surface area contributed by atoms with Gasteiger partial charge >= 0.3 is 0 Å². The normalized spacial score (nSPS) is 12.2. The topological polar surface area (TPSA) is 89.0 Å². The van der Waals surface area contributed by atoms with E-state index >= 15 is 0 Å². The van der Waals surface area contributed by atoms with E-state index in [2.05, 4.69) is 31.8 Å². The van der Waals surface area contributed by atoms with Crippen LogP contribution >= 0.6 is 15.9 Å². The Morgan fingerprint density at radius 2 is 1.82 bits per heavy atom. The minimum absolute atomic E-state index is 0.0302. The molecular formula is C24H29BrFN3O4. The Balaban J connectivity index is 2.11. The number of amides is 2. The van der Waals surface area contributed by atoms with Crippen molar-refractivity contribution < 1.29 is 23.5 Å². The number of rotatable bonds is 10. The average Bonchev–Trinajstić information content (AvgIpc) is 2.74. The maximum Gasteiger partial charge on any atom is 0.262 e. The number of hydrogen-bond acceptors (Lipinski definition) is 5. The van der Waals surface area contributed by atoms with E-state index in [1.807, 2.05) is 20.8 Å². The molecule has 2 amide bonds. The van der Waals surface area contributed by atoms with Crippen LogP contribution < -0.4 is 20.2 Å². The van der Waals surface area contributed by atoms with Gasteiger partial charge < -0.3 is 14.8 Å². The van der Waals surface area contributed by atoms with E-state index in [-0.39, 0.29) is 17.6 Å². The maximum atomic E-state index is 13.1. The molecule has 0 aliphatic carbocycles. The zero-order chi connectivity index (χ0) is 24.5. The first-order valence-corrected chi connectivity index (χ1v) is 11.4. The zero-order valence-corrected chi connectivity index (χ0v) is 20.9. The third kappa shape index (κ3) is 7.85. The van der Waals surface area contributed by atoms with Crippen LogP contribution in [-0.2, 0) is 4.79 Å². The van der Waals surface area contributed by atoms with Crippen molar-refractivity contribution in [2.75, 3.05) is 6.61 Å². The van der Waals surface area contributed by atoms with Crippen LogP contribution in [0.5, 0.6) is 11.5 Å². The highest BCUT2D eigenvalue weighted by Crippen LogP contribution is 2.37. The van der Waals surface area contributed by atoms with Gasteiger partial charge in [-0.3, -0.25) is 9.59 Å². The quantitative estimate of drug-likeness (QED) is 0.351. The number of hydrazone groups is 1. The van der Waals surface area contributed by atoms with E-state index in [1.165, 1.54) is 30.5 Å². The lowest BCUT2D eigenvalue weighted by atomic mass is 10.0. The number of carbonyl (C=O) groups is 2. The summed E-state index contributed by atoms with van der Waals surface area (Å²) in [4.78, 5) is 25.1. The second-order valence-corrected chi connectivity index (χ2v) is 8.72. The molecule has 0 aromatic heterocycles. The van der Waals surface area contributed by atoms with Crippen molar-refractivity contribution >= 4 is 34.0 Å². The molecule has 0 bridgehead atoms. The second kappa shape index (κ2) is 12.3. The lowest BCUT2D eigenvalue weighted by Gasteiger charge is -2.20. The predicted molar refractivity (Wildman–Crippen MR) is 129 cm³/mol. The van der Waals surface area contributed by atoms with Gasteiger partial charge in [-0.15, -0.1) is 0 Å². The Kier molecular flexibility index (Phi) is 9.84. The first-order valence-electron chi connectivity index (χ1n) is 10.6. The molecule has 0 fully saturated rings. The SMILES string of the molecule is CCOc1cc(C=NNC(=O)C(NC(=O)c2ccc(F)cc2)C(C)C)cc(Br)c1OC(C)C. The highest BCUT2D eigenvalue weighted by atomic mass is 79.9. The highest BCUT2D eigenvalue weighted by Gasteiger charge is 2.24. The minimum Gasteiger partial charge on any atom is -0.490 e. The van der Waals surface area contributed by atoms with Gasteiger partial charge in [0.25, 0.3) is 11.8 Å². The Hall–Kier alpha value is -2.94. The van der Waals surface area contributed by atoms with Crippen LogP contribution in [0, 0.1) is 11.7 Å². The standard InChI is InChI=1S/C24H29BrFN3O4/c1-6-32-20-12-16(11-19(25)22(20)33-15(4)5)13-27-29-24(31)21(14(2)3)28-23(30)17-7-9-18(26)10-8-17/h7-15,21H,6H2,1-5H3,(H,28,30)(H,29,31). The van der Waals surface area contributed by atoms with Crippen molar-refractivity contribution in [3.8, 4) is 11.5 Å². The van der Waals surface area contributed by atoms with Gasteiger partial charge in [0.2, 0.25) is 0 Å². The van der Waals surface area contributed by atoms with E-state index in [0.29, 0.717) is 28.1 Å². The summed E-state index contributed by atoms with van der Waals surface area (Å²) < 4.78 is 25.3. The third-order valence-electron chi connectivity index (χ3n) is 4.42. The van der Waals surface area contributed by atoms with Crippen molar-refractivity contribution in [1.82, 2.24) is 10.7 Å². The Bertz CT molecular complexity index is 994. The van der Waals surface area contributed by atoms with Crippen molar-refractivity contribution in [3.63, 3.8) is 0 Å². The molecule has 0 aliphatic rings. The molecule has 0 saturated carbocycles. The molecule has 0 radical (unpaired) electrons. The van der Waals surface area contributed by atoms with Crippen molar-refractivity contribution in [3.05, 3.63) is 57.8 Å². The number of nitrogens with one attached hydrogen (secondary N) is 2. The van der Waals surface area contributed by atoms with Gasteiger partial charge in [0.1, 0.15) is 11.9 Å². The fraction of sp³-hybridized carbons (Fsp3) is 0.375. The predicted octanol–water partition coefficient (Wildman–Crippen LogP) is 4.68. The Labute approximate surface area is 201 Å². The summed E-state index contributed by atoms with van der Waals surface area (Å²) in [7, 11) is 0. The van der Waals surface area contributed by atoms with Gasteiger partial charge in [-0.05, 0) is 84.6 Å². The number of nitrogens with zero attached hydrogens (tertiary/aromatic N) is 1. The fourth-order valence-corrected chi connectivity index (χ4v) is 3.43. The van der Waals surface area contributed by atoms with E-state index in [0.717, 1.165) is 0 Å². The van der Waals surface area contributed by atoms with Gasteiger partial charge in [0, 0.05) is 5.56 Å². The third-order valence-corrected chi connectivity index (χ3v) is 5.00. The van der Waals surface area contributed by atoms with Crippen molar-refractivity contribution in [1.29, 1.82) is 0 Å². The molecule has 0 aliphatic heterocycles. The van der Waals surface area contributed by atoms with Crippen LogP contribution in [0.15, 0.2) is 46.0 Å². The number of benzene rings is 2. The van der Waals surface area contributed by atoms with Crippen molar-refractivity contribution in [2.45, 2.75) is 46.8 Å². The largest absolute Gasteiger partial charge is 0.490 e. The summed E-state index contributed by atoms with van der Waals surface area (Å²) in [5.41, 5.74) is 3.40. The number of hydrogen-bond donors (Lipinski definition) is 2. The molecule has 2 aromatic carbocycles. The maximum absolute atomic E-state index is 13.1. The minimum atomic E-state index is -0.827. The summed E-state index contributed by atoms with van der Waals surface area (Å²) >= 11 is 3.49. The van der Waals surface area contributed by atoms with E-state index < -0.39 is 23.7 Å². The van der Waals surface area contributed by atoms with Gasteiger partial charge in [-0.2, -0.15) is 5.10 Å². The molecule has 1 unspecified atom stereocenters. The summed E-state index contributed by atoms with van der Waals surface area (Å²) in [6.45, 7) is 9.79. The molecule has 9 heteroatoms. The van der Waals surface area contributed by atoms with E-state index in [9.17, 15) is 14.0 Å². The molecule has 2 N–H and O–H groups in total. The monoisotopic (exact) mass is 521 g/mol. The first kappa shape index (κ1) is 26.3. The number of ether oxygens (including phenoxy) is 2. The van der Waals surface area contributed by atoms with Crippen LogP contribution in [0.1, 0.15) is 50.5 Å². The molecule has 7 nitrogen and oxygen atoms in total. The lowest BCUT2D eigenvalue weighted by molar-refractivity contribution is -0.123. The Morgan fingerprint density at radius 1 is 1.15 bits per heavy atom. The van der Waals surface area contributed by atoms with Crippen LogP contribution in [0.3, 0.4) is 0 Å². The van der Waals surface area contributed by atoms with Gasteiger partial charge in [0.15, 0.2) is 11.5 Å². The summed E-state index contributed by atoms with van der Waals surface area (Å²) in [6, 6.07) is 7.83. The van der Waals surface area contributed by atoms with Gasteiger partial charge in [-0.25, -0.2) is 9.82 Å². The molecule has 2 aromatic rings. The van der Waals surface area contributed by atoms with Crippen molar-refractivity contribution in [2.24, 2.45) is 11.0 Å². The second-order valence-electron chi connectivity index (χ2n) is 7.87. The summed E-state index contributed by atoms with van der Waals surface area (Å²) in [6.07, 6.45) is 1.45. The van der Waals surface area contributed by atoms with Crippen LogP contribution in [-0.4, -0.2) is 36.8 Å². The lowest BCUT2D eigenvalue weighted by Crippen LogP contribution is -2.48. The molecule has 33 heavy (non-hydrogen) atoms. The highest BCUT2D eigenvalue weighted by molar-refractivity contribution is 9.10.